The SMILES string of the molecule is C=CC12CCC(c3ccc(Cl)cc3)(OC1)C(Br)C2. The molecule has 3 aliphatic rings. The van der Waals surface area contributed by atoms with Crippen LogP contribution in [0.1, 0.15) is 24.8 Å². The lowest BCUT2D eigenvalue weighted by molar-refractivity contribution is -0.167. The van der Waals surface area contributed by atoms with E-state index in [4.69, 9.17) is 16.3 Å². The highest BCUT2D eigenvalue weighted by Gasteiger charge is 2.54. The van der Waals surface area contributed by atoms with E-state index in [1.54, 1.807) is 0 Å². The number of rotatable bonds is 2. The molecule has 3 atom stereocenters. The van der Waals surface area contributed by atoms with Crippen LogP contribution in [0.4, 0.5) is 0 Å². The zero-order chi connectivity index (χ0) is 12.8. The third kappa shape index (κ3) is 1.77. The van der Waals surface area contributed by atoms with Gasteiger partial charge in [-0.25, -0.2) is 0 Å². The third-order valence-corrected chi connectivity index (χ3v) is 5.78. The number of ether oxygens (including phenoxy) is 1. The Morgan fingerprint density at radius 2 is 2.06 bits per heavy atom. The van der Waals surface area contributed by atoms with Crippen molar-refractivity contribution in [2.75, 3.05) is 6.61 Å². The van der Waals surface area contributed by atoms with E-state index in [0.29, 0.717) is 4.83 Å². The zero-order valence-electron chi connectivity index (χ0n) is 10.2. The molecule has 18 heavy (non-hydrogen) atoms. The molecule has 0 radical (unpaired) electrons. The molecule has 0 spiro atoms. The van der Waals surface area contributed by atoms with Gasteiger partial charge in [-0.15, -0.1) is 6.58 Å². The van der Waals surface area contributed by atoms with Crippen LogP contribution >= 0.6 is 27.5 Å². The second kappa shape index (κ2) is 4.36. The topological polar surface area (TPSA) is 9.23 Å². The van der Waals surface area contributed by atoms with Gasteiger partial charge in [0, 0.05) is 15.3 Å². The fourth-order valence-electron chi connectivity index (χ4n) is 3.17. The van der Waals surface area contributed by atoms with Crippen LogP contribution in [0.3, 0.4) is 0 Å². The first-order valence-electron chi connectivity index (χ1n) is 6.28. The van der Waals surface area contributed by atoms with Crippen LogP contribution in [-0.2, 0) is 10.3 Å². The summed E-state index contributed by atoms with van der Waals surface area (Å²) in [5.74, 6) is 0. The van der Waals surface area contributed by atoms with Crippen molar-refractivity contribution < 1.29 is 4.74 Å². The Morgan fingerprint density at radius 3 is 2.56 bits per heavy atom. The summed E-state index contributed by atoms with van der Waals surface area (Å²) < 4.78 is 6.24. The lowest BCUT2D eigenvalue weighted by Gasteiger charge is -2.55. The normalized spacial score (nSPS) is 38.7. The number of alkyl halides is 1. The minimum absolute atomic E-state index is 0.169. The molecule has 0 amide bonds. The van der Waals surface area contributed by atoms with Gasteiger partial charge in [-0.2, -0.15) is 0 Å². The first-order valence-corrected chi connectivity index (χ1v) is 7.57. The quantitative estimate of drug-likeness (QED) is 0.566. The highest BCUT2D eigenvalue weighted by atomic mass is 79.9. The molecule has 3 heteroatoms. The number of benzene rings is 1. The first kappa shape index (κ1) is 12.7. The molecule has 2 saturated heterocycles. The van der Waals surface area contributed by atoms with E-state index in [2.05, 4.69) is 40.7 Å². The first-order chi connectivity index (χ1) is 8.60. The molecule has 1 aliphatic carbocycles. The van der Waals surface area contributed by atoms with Crippen LogP contribution in [0, 0.1) is 5.41 Å². The third-order valence-electron chi connectivity index (χ3n) is 4.47. The zero-order valence-corrected chi connectivity index (χ0v) is 12.5. The lowest BCUT2D eigenvalue weighted by Crippen LogP contribution is -2.55. The van der Waals surface area contributed by atoms with Gasteiger partial charge in [0.25, 0.3) is 0 Å². The van der Waals surface area contributed by atoms with E-state index >= 15 is 0 Å². The van der Waals surface area contributed by atoms with E-state index in [9.17, 15) is 0 Å². The molecule has 1 aromatic rings. The number of fused-ring (bicyclic) bond motifs is 3. The Labute approximate surface area is 121 Å². The van der Waals surface area contributed by atoms with Crippen LogP contribution in [0.25, 0.3) is 0 Å². The summed E-state index contributed by atoms with van der Waals surface area (Å²) >= 11 is 9.79. The van der Waals surface area contributed by atoms with Crippen molar-refractivity contribution in [2.45, 2.75) is 29.7 Å². The smallest absolute Gasteiger partial charge is 0.106 e. The van der Waals surface area contributed by atoms with Gasteiger partial charge in [0.05, 0.1) is 6.61 Å². The predicted molar refractivity (Wildman–Crippen MR) is 78.3 cm³/mol. The fourth-order valence-corrected chi connectivity index (χ4v) is 4.56. The largest absolute Gasteiger partial charge is 0.368 e. The fraction of sp³-hybridized carbons (Fsp3) is 0.467. The minimum atomic E-state index is -0.185. The van der Waals surface area contributed by atoms with Crippen molar-refractivity contribution in [3.8, 4) is 0 Å². The van der Waals surface area contributed by atoms with Crippen LogP contribution in [-0.4, -0.2) is 11.4 Å². The summed E-state index contributed by atoms with van der Waals surface area (Å²) in [6.07, 6.45) is 5.36. The lowest BCUT2D eigenvalue weighted by atomic mass is 9.64. The molecule has 96 valence electrons. The maximum Gasteiger partial charge on any atom is 0.106 e. The predicted octanol–water partition coefficient (Wildman–Crippen LogP) is 4.69. The Hall–Kier alpha value is -0.310. The number of hydrogen-bond acceptors (Lipinski definition) is 1. The van der Waals surface area contributed by atoms with Crippen molar-refractivity contribution in [1.29, 1.82) is 0 Å². The van der Waals surface area contributed by atoms with E-state index in [1.807, 2.05) is 12.1 Å². The van der Waals surface area contributed by atoms with Crippen molar-refractivity contribution >= 4 is 27.5 Å². The Morgan fingerprint density at radius 1 is 1.33 bits per heavy atom. The molecule has 3 unspecified atom stereocenters. The molecule has 1 saturated carbocycles. The van der Waals surface area contributed by atoms with Crippen molar-refractivity contribution in [3.63, 3.8) is 0 Å². The monoisotopic (exact) mass is 326 g/mol. The van der Waals surface area contributed by atoms with Gasteiger partial charge < -0.3 is 4.74 Å². The summed E-state index contributed by atoms with van der Waals surface area (Å²) in [6, 6.07) is 8.06. The second-order valence-electron chi connectivity index (χ2n) is 5.42. The van der Waals surface area contributed by atoms with E-state index < -0.39 is 0 Å². The minimum Gasteiger partial charge on any atom is -0.368 e. The average molecular weight is 328 g/mol. The standard InChI is InChI=1S/C15H16BrClO/c1-2-14-7-8-15(18-10-14,13(16)9-14)11-3-5-12(17)6-4-11/h2-6,13H,1,7-10H2. The van der Waals surface area contributed by atoms with E-state index in [0.717, 1.165) is 30.9 Å². The Balaban J connectivity index is 1.97. The van der Waals surface area contributed by atoms with Crippen LogP contribution in [0.5, 0.6) is 0 Å². The van der Waals surface area contributed by atoms with Gasteiger partial charge in [-0.1, -0.05) is 45.7 Å². The summed E-state index contributed by atoms with van der Waals surface area (Å²) in [6.45, 7) is 4.75. The molecular formula is C15H16BrClO. The Bertz CT molecular complexity index is 460. The van der Waals surface area contributed by atoms with Crippen LogP contribution in [0.2, 0.25) is 5.02 Å². The van der Waals surface area contributed by atoms with Gasteiger partial charge >= 0.3 is 0 Å². The highest BCUT2D eigenvalue weighted by Crippen LogP contribution is 2.56. The van der Waals surface area contributed by atoms with Crippen molar-refractivity contribution in [1.82, 2.24) is 0 Å². The Kier molecular flexibility index (Phi) is 3.08. The maximum absolute atomic E-state index is 6.24. The van der Waals surface area contributed by atoms with Gasteiger partial charge in [0.1, 0.15) is 5.60 Å². The molecule has 0 aromatic heterocycles. The molecular weight excluding hydrogens is 312 g/mol. The summed E-state index contributed by atoms with van der Waals surface area (Å²) in [5, 5.41) is 0.772. The average Bonchev–Trinajstić information content (AvgIpc) is 2.41. The van der Waals surface area contributed by atoms with Gasteiger partial charge in [0.2, 0.25) is 0 Å². The second-order valence-corrected chi connectivity index (χ2v) is 6.96. The molecule has 0 N–H and O–H groups in total. The van der Waals surface area contributed by atoms with Gasteiger partial charge in [0.15, 0.2) is 0 Å². The molecule has 1 nitrogen and oxygen atoms in total. The summed E-state index contributed by atoms with van der Waals surface area (Å²) in [5.41, 5.74) is 1.21. The van der Waals surface area contributed by atoms with Gasteiger partial charge in [-0.05, 0) is 37.0 Å². The molecule has 2 heterocycles. The molecule has 3 fully saturated rings. The summed E-state index contributed by atoms with van der Waals surface area (Å²) in [4.78, 5) is 0.340. The molecule has 2 bridgehead atoms. The van der Waals surface area contributed by atoms with Crippen LogP contribution < -0.4 is 0 Å². The number of halogens is 2. The maximum atomic E-state index is 6.24. The van der Waals surface area contributed by atoms with E-state index in [1.165, 1.54) is 5.56 Å². The molecule has 4 rings (SSSR count). The van der Waals surface area contributed by atoms with Crippen molar-refractivity contribution in [3.05, 3.63) is 47.5 Å². The molecule has 1 aromatic carbocycles. The molecule has 2 aliphatic heterocycles. The highest BCUT2D eigenvalue weighted by molar-refractivity contribution is 9.09. The van der Waals surface area contributed by atoms with Crippen molar-refractivity contribution in [2.24, 2.45) is 5.41 Å². The summed E-state index contributed by atoms with van der Waals surface area (Å²) in [7, 11) is 0. The van der Waals surface area contributed by atoms with Gasteiger partial charge in [-0.3, -0.25) is 0 Å². The van der Waals surface area contributed by atoms with Crippen LogP contribution in [0.15, 0.2) is 36.9 Å². The number of hydrogen-bond donors (Lipinski definition) is 0. The van der Waals surface area contributed by atoms with E-state index in [-0.39, 0.29) is 11.0 Å².